The van der Waals surface area contributed by atoms with Crippen molar-refractivity contribution >= 4 is 28.5 Å². The van der Waals surface area contributed by atoms with E-state index < -0.39 is 0 Å². The molecule has 7 nitrogen and oxygen atoms in total. The van der Waals surface area contributed by atoms with Crippen LogP contribution < -0.4 is 10.6 Å². The Morgan fingerprint density at radius 3 is 2.50 bits per heavy atom. The van der Waals surface area contributed by atoms with Crippen LogP contribution in [0.5, 0.6) is 0 Å². The summed E-state index contributed by atoms with van der Waals surface area (Å²) in [6.07, 6.45) is 4.31. The largest absolute Gasteiger partial charge is 0.347 e. The van der Waals surface area contributed by atoms with Gasteiger partial charge in [0.15, 0.2) is 0 Å². The highest BCUT2D eigenvalue weighted by Gasteiger charge is 2.23. The van der Waals surface area contributed by atoms with Crippen LogP contribution in [0.4, 0.5) is 10.5 Å². The normalized spacial score (nSPS) is 14.9. The van der Waals surface area contributed by atoms with Crippen molar-refractivity contribution in [2.24, 2.45) is 0 Å². The fourth-order valence-corrected chi connectivity index (χ4v) is 4.25. The van der Waals surface area contributed by atoms with Gasteiger partial charge in [0.1, 0.15) is 6.54 Å². The second-order valence-corrected chi connectivity index (χ2v) is 8.51. The van der Waals surface area contributed by atoms with Gasteiger partial charge in [-0.1, -0.05) is 30.3 Å². The predicted octanol–water partition coefficient (Wildman–Crippen LogP) is 3.69. The SMILES string of the molecule is CN(C)C(=O)Cn1ccc2cc(NC(=O)NCC(c3ccccc3)N3CCCC3)ccc21. The molecule has 0 bridgehead atoms. The fraction of sp³-hybridized carbons (Fsp3) is 0.360. The van der Waals surface area contributed by atoms with Crippen molar-refractivity contribution in [3.8, 4) is 0 Å². The topological polar surface area (TPSA) is 69.6 Å². The molecule has 7 heteroatoms. The van der Waals surface area contributed by atoms with Crippen LogP contribution in [0.15, 0.2) is 60.8 Å². The molecule has 1 aromatic heterocycles. The number of amides is 3. The summed E-state index contributed by atoms with van der Waals surface area (Å²) in [7, 11) is 3.50. The molecule has 1 saturated heterocycles. The van der Waals surface area contributed by atoms with E-state index in [1.807, 2.05) is 53.2 Å². The van der Waals surface area contributed by atoms with Crippen LogP contribution in [0.25, 0.3) is 10.9 Å². The minimum Gasteiger partial charge on any atom is -0.347 e. The lowest BCUT2D eigenvalue weighted by Crippen LogP contribution is -2.38. The molecule has 0 saturated carbocycles. The molecule has 168 valence electrons. The lowest BCUT2D eigenvalue weighted by atomic mass is 10.1. The predicted molar refractivity (Wildman–Crippen MR) is 128 cm³/mol. The summed E-state index contributed by atoms with van der Waals surface area (Å²) in [6, 6.07) is 18.0. The number of urea groups is 1. The number of rotatable bonds is 7. The third kappa shape index (κ3) is 5.11. The molecule has 2 heterocycles. The van der Waals surface area contributed by atoms with E-state index in [1.165, 1.54) is 18.4 Å². The number of likely N-dealkylation sites (N-methyl/N-ethyl adjacent to an activating group) is 1. The van der Waals surface area contributed by atoms with Gasteiger partial charge in [0, 0.05) is 43.4 Å². The third-order valence-electron chi connectivity index (χ3n) is 6.06. The number of anilines is 1. The summed E-state index contributed by atoms with van der Waals surface area (Å²) in [5.41, 5.74) is 2.91. The number of nitrogens with one attached hydrogen (secondary N) is 2. The van der Waals surface area contributed by atoms with Crippen LogP contribution in [-0.4, -0.2) is 60.0 Å². The average molecular weight is 434 g/mol. The van der Waals surface area contributed by atoms with Gasteiger partial charge in [-0.25, -0.2) is 4.79 Å². The van der Waals surface area contributed by atoms with Gasteiger partial charge in [-0.3, -0.25) is 9.69 Å². The number of benzene rings is 2. The van der Waals surface area contributed by atoms with Crippen LogP contribution >= 0.6 is 0 Å². The standard InChI is InChI=1S/C25H31N5O2/c1-28(2)24(31)18-30-15-12-20-16-21(10-11-22(20)30)27-25(32)26-17-23(29-13-6-7-14-29)19-8-4-3-5-9-19/h3-5,8-12,15-16,23H,6-7,13-14,17-18H2,1-2H3,(H2,26,27,32). The molecule has 0 aliphatic carbocycles. The Labute approximate surface area is 189 Å². The van der Waals surface area contributed by atoms with Crippen molar-refractivity contribution in [3.05, 3.63) is 66.4 Å². The molecule has 1 aliphatic rings. The lowest BCUT2D eigenvalue weighted by Gasteiger charge is -2.28. The highest BCUT2D eigenvalue weighted by Crippen LogP contribution is 2.25. The maximum Gasteiger partial charge on any atom is 0.319 e. The Morgan fingerprint density at radius 2 is 1.78 bits per heavy atom. The van der Waals surface area contributed by atoms with Gasteiger partial charge in [-0.15, -0.1) is 0 Å². The Bertz CT molecular complexity index is 1070. The summed E-state index contributed by atoms with van der Waals surface area (Å²) < 4.78 is 1.92. The van der Waals surface area contributed by atoms with E-state index in [-0.39, 0.29) is 18.0 Å². The van der Waals surface area contributed by atoms with Gasteiger partial charge in [-0.2, -0.15) is 0 Å². The van der Waals surface area contributed by atoms with E-state index in [0.717, 1.165) is 29.7 Å². The van der Waals surface area contributed by atoms with Crippen molar-refractivity contribution in [2.75, 3.05) is 39.0 Å². The first-order chi connectivity index (χ1) is 15.5. The first kappa shape index (κ1) is 21.9. The van der Waals surface area contributed by atoms with Crippen molar-refractivity contribution in [2.45, 2.75) is 25.4 Å². The number of nitrogens with zero attached hydrogens (tertiary/aromatic N) is 3. The highest BCUT2D eigenvalue weighted by atomic mass is 16.2. The minimum atomic E-state index is -0.216. The number of aromatic nitrogens is 1. The van der Waals surface area contributed by atoms with Gasteiger partial charge < -0.3 is 20.1 Å². The zero-order chi connectivity index (χ0) is 22.5. The Balaban J connectivity index is 1.39. The van der Waals surface area contributed by atoms with Crippen molar-refractivity contribution in [3.63, 3.8) is 0 Å². The number of fused-ring (bicyclic) bond motifs is 1. The minimum absolute atomic E-state index is 0.0371. The first-order valence-corrected chi connectivity index (χ1v) is 11.1. The van der Waals surface area contributed by atoms with Crippen LogP contribution in [0.2, 0.25) is 0 Å². The van der Waals surface area contributed by atoms with Crippen LogP contribution in [0, 0.1) is 0 Å². The number of hydrogen-bond donors (Lipinski definition) is 2. The van der Waals surface area contributed by atoms with Gasteiger partial charge in [-0.05, 0) is 55.8 Å². The fourth-order valence-electron chi connectivity index (χ4n) is 4.25. The van der Waals surface area contributed by atoms with E-state index in [0.29, 0.717) is 13.1 Å². The lowest BCUT2D eigenvalue weighted by molar-refractivity contribution is -0.129. The van der Waals surface area contributed by atoms with Gasteiger partial charge in [0.05, 0.1) is 6.04 Å². The summed E-state index contributed by atoms with van der Waals surface area (Å²) >= 11 is 0. The molecule has 4 rings (SSSR count). The first-order valence-electron chi connectivity index (χ1n) is 11.1. The highest BCUT2D eigenvalue weighted by molar-refractivity contribution is 5.93. The van der Waals surface area contributed by atoms with Gasteiger partial charge >= 0.3 is 6.03 Å². The van der Waals surface area contributed by atoms with Gasteiger partial charge in [0.2, 0.25) is 5.91 Å². The quantitative estimate of drug-likeness (QED) is 0.597. The molecule has 1 aliphatic heterocycles. The molecule has 1 fully saturated rings. The maximum atomic E-state index is 12.6. The molecule has 1 unspecified atom stereocenters. The summed E-state index contributed by atoms with van der Waals surface area (Å²) in [4.78, 5) is 28.7. The van der Waals surface area contributed by atoms with E-state index in [4.69, 9.17) is 0 Å². The number of carbonyl (C=O) groups is 2. The monoisotopic (exact) mass is 433 g/mol. The van der Waals surface area contributed by atoms with E-state index in [1.54, 1.807) is 19.0 Å². The molecule has 3 amide bonds. The molecular formula is C25H31N5O2. The summed E-state index contributed by atoms with van der Waals surface area (Å²) in [6.45, 7) is 2.97. The number of likely N-dealkylation sites (tertiary alicyclic amines) is 1. The molecule has 2 N–H and O–H groups in total. The molecule has 3 aromatic rings. The molecular weight excluding hydrogens is 402 g/mol. The molecule has 32 heavy (non-hydrogen) atoms. The Hall–Kier alpha value is -3.32. The van der Waals surface area contributed by atoms with Crippen LogP contribution in [-0.2, 0) is 11.3 Å². The van der Waals surface area contributed by atoms with E-state index in [9.17, 15) is 9.59 Å². The summed E-state index contributed by atoms with van der Waals surface area (Å²) in [5, 5.41) is 6.98. The number of hydrogen-bond acceptors (Lipinski definition) is 3. The van der Waals surface area contributed by atoms with Crippen LogP contribution in [0.3, 0.4) is 0 Å². The van der Waals surface area contributed by atoms with Gasteiger partial charge in [0.25, 0.3) is 0 Å². The van der Waals surface area contributed by atoms with E-state index in [2.05, 4.69) is 27.7 Å². The zero-order valence-corrected chi connectivity index (χ0v) is 18.8. The Morgan fingerprint density at radius 1 is 1.03 bits per heavy atom. The Kier molecular flexibility index (Phi) is 6.75. The second-order valence-electron chi connectivity index (χ2n) is 8.51. The molecule has 1 atom stereocenters. The van der Waals surface area contributed by atoms with E-state index >= 15 is 0 Å². The molecule has 2 aromatic carbocycles. The maximum absolute atomic E-state index is 12.6. The van der Waals surface area contributed by atoms with Crippen molar-refractivity contribution in [1.29, 1.82) is 0 Å². The average Bonchev–Trinajstić information content (AvgIpc) is 3.45. The van der Waals surface area contributed by atoms with Crippen LogP contribution in [0.1, 0.15) is 24.4 Å². The zero-order valence-electron chi connectivity index (χ0n) is 18.8. The van der Waals surface area contributed by atoms with Crippen molar-refractivity contribution < 1.29 is 9.59 Å². The van der Waals surface area contributed by atoms with Crippen molar-refractivity contribution in [1.82, 2.24) is 19.7 Å². The second kappa shape index (κ2) is 9.87. The smallest absolute Gasteiger partial charge is 0.319 e. The summed E-state index contributed by atoms with van der Waals surface area (Å²) in [5.74, 6) is 0.0371. The molecule has 0 radical (unpaired) electrons. The molecule has 0 spiro atoms. The number of carbonyl (C=O) groups excluding carboxylic acids is 2. The third-order valence-corrected chi connectivity index (χ3v) is 6.06.